The Morgan fingerprint density at radius 1 is 1.29 bits per heavy atom. The lowest BCUT2D eigenvalue weighted by atomic mass is 10.1. The normalized spacial score (nSPS) is 18.4. The summed E-state index contributed by atoms with van der Waals surface area (Å²) in [5.41, 5.74) is -0.649. The maximum absolute atomic E-state index is 14.0. The van der Waals surface area contributed by atoms with E-state index in [2.05, 4.69) is 0 Å². The largest absolute Gasteiger partial charge is 0.488 e. The molecule has 2 aromatic rings. The van der Waals surface area contributed by atoms with Crippen molar-refractivity contribution < 1.29 is 18.3 Å². The molecule has 0 saturated heterocycles. The first kappa shape index (κ1) is 12.5. The van der Waals surface area contributed by atoms with Crippen molar-refractivity contribution >= 4 is 17.2 Å². The van der Waals surface area contributed by atoms with Gasteiger partial charge in [0.1, 0.15) is 0 Å². The van der Waals surface area contributed by atoms with Crippen molar-refractivity contribution in [1.29, 1.82) is 0 Å². The van der Waals surface area contributed by atoms with Gasteiger partial charge >= 0.3 is 0 Å². The summed E-state index contributed by atoms with van der Waals surface area (Å²) in [7, 11) is 0. The van der Waals surface area contributed by atoms with E-state index >= 15 is 0 Å². The van der Waals surface area contributed by atoms with E-state index < -0.39 is 17.1 Å². The Morgan fingerprint density at radius 3 is 2.71 bits per heavy atom. The Hall–Kier alpha value is -2.24. The van der Waals surface area contributed by atoms with Crippen LogP contribution in [0.2, 0.25) is 0 Å². The molecule has 2 aliphatic rings. The first-order chi connectivity index (χ1) is 10.1. The van der Waals surface area contributed by atoms with E-state index in [9.17, 15) is 18.4 Å². The fraction of sp³-hybridized carbons (Fsp3) is 0.333. The van der Waals surface area contributed by atoms with E-state index in [1.807, 2.05) is 0 Å². The fourth-order valence-electron chi connectivity index (χ4n) is 3.11. The Bertz CT molecular complexity index is 852. The van der Waals surface area contributed by atoms with Gasteiger partial charge in [0.2, 0.25) is 5.82 Å². The van der Waals surface area contributed by atoms with Gasteiger partial charge in [0.25, 0.3) is 0 Å². The first-order valence-corrected chi connectivity index (χ1v) is 6.73. The van der Waals surface area contributed by atoms with Gasteiger partial charge in [-0.2, -0.15) is 4.39 Å². The number of ether oxygens (including phenoxy) is 1. The average molecular weight is 291 g/mol. The summed E-state index contributed by atoms with van der Waals surface area (Å²) < 4.78 is 34.9. The number of hydrogen-bond donors (Lipinski definition) is 0. The monoisotopic (exact) mass is 291 g/mol. The smallest absolute Gasteiger partial charge is 0.202 e. The number of pyridine rings is 1. The molecule has 0 atom stereocenters. The highest BCUT2D eigenvalue weighted by molar-refractivity contribution is 5.90. The summed E-state index contributed by atoms with van der Waals surface area (Å²) in [6, 6.07) is 0.852. The molecule has 6 heteroatoms. The van der Waals surface area contributed by atoms with Crippen molar-refractivity contribution in [3.8, 4) is 5.75 Å². The Kier molecular flexibility index (Phi) is 2.32. The first-order valence-electron chi connectivity index (χ1n) is 6.73. The van der Waals surface area contributed by atoms with Gasteiger partial charge < -0.3 is 9.30 Å². The minimum atomic E-state index is -1.14. The zero-order valence-corrected chi connectivity index (χ0v) is 11.0. The molecular weight excluding hydrogens is 280 g/mol. The molecule has 21 heavy (non-hydrogen) atoms. The molecule has 0 amide bonds. The second kappa shape index (κ2) is 3.90. The molecule has 1 fully saturated rings. The molecule has 1 aliphatic carbocycles. The van der Waals surface area contributed by atoms with Crippen molar-refractivity contribution in [2.45, 2.75) is 24.8 Å². The third kappa shape index (κ3) is 1.53. The van der Waals surface area contributed by atoms with Crippen LogP contribution in [0.4, 0.5) is 8.78 Å². The molecule has 1 aromatic carbocycles. The molecule has 4 nitrogen and oxygen atoms in total. The van der Waals surface area contributed by atoms with Gasteiger partial charge in [-0.05, 0) is 18.9 Å². The lowest BCUT2D eigenvalue weighted by Gasteiger charge is -2.19. The molecule has 0 bridgehead atoms. The number of aromatic nitrogens is 1. The molecule has 0 radical (unpaired) electrons. The lowest BCUT2D eigenvalue weighted by Crippen LogP contribution is -2.22. The molecule has 0 unspecified atom stereocenters. The Labute approximate surface area is 117 Å². The number of benzene rings is 1. The minimum absolute atomic E-state index is 0.0123. The second-order valence-corrected chi connectivity index (χ2v) is 5.62. The van der Waals surface area contributed by atoms with Crippen LogP contribution >= 0.6 is 0 Å². The highest BCUT2D eigenvalue weighted by Gasteiger charge is 2.46. The number of nitrogens with zero attached hydrogens (tertiary/aromatic N) is 1. The molecule has 1 aromatic heterocycles. The van der Waals surface area contributed by atoms with Crippen LogP contribution in [0.1, 0.15) is 29.6 Å². The molecule has 2 heterocycles. The Morgan fingerprint density at radius 2 is 2.05 bits per heavy atom. The number of carbonyl (C=O) groups is 1. The van der Waals surface area contributed by atoms with Crippen LogP contribution in [0.5, 0.6) is 5.75 Å². The summed E-state index contributed by atoms with van der Waals surface area (Å²) in [4.78, 5) is 23.3. The predicted octanol–water partition coefficient (Wildman–Crippen LogP) is 2.36. The maximum atomic E-state index is 14.0. The molecule has 1 saturated carbocycles. The number of rotatable bonds is 1. The number of halogens is 2. The van der Waals surface area contributed by atoms with Crippen LogP contribution in [0.3, 0.4) is 0 Å². The molecule has 4 rings (SSSR count). The quantitative estimate of drug-likeness (QED) is 0.758. The van der Waals surface area contributed by atoms with Crippen molar-refractivity contribution in [2.24, 2.45) is 0 Å². The third-order valence-electron chi connectivity index (χ3n) is 4.45. The van der Waals surface area contributed by atoms with Gasteiger partial charge in [0, 0.05) is 18.2 Å². The predicted molar refractivity (Wildman–Crippen MR) is 70.8 cm³/mol. The van der Waals surface area contributed by atoms with Crippen molar-refractivity contribution in [3.05, 3.63) is 39.7 Å². The molecule has 1 aliphatic heterocycles. The standard InChI is InChI=1S/C15H11F2NO3/c16-10-5-9-12-14(11(10)17)21-4-3-15(1-2-15)18(12)6-8(7-19)13(9)20/h5-7H,1-4H2. The van der Waals surface area contributed by atoms with Gasteiger partial charge in [-0.25, -0.2) is 4.39 Å². The second-order valence-electron chi connectivity index (χ2n) is 5.62. The van der Waals surface area contributed by atoms with E-state index in [4.69, 9.17) is 4.74 Å². The van der Waals surface area contributed by atoms with Crippen LogP contribution in [0.25, 0.3) is 10.9 Å². The lowest BCUT2D eigenvalue weighted by molar-refractivity contribution is 0.112. The summed E-state index contributed by atoms with van der Waals surface area (Å²) in [5, 5.41) is -0.0123. The van der Waals surface area contributed by atoms with Gasteiger partial charge in [-0.3, -0.25) is 9.59 Å². The van der Waals surface area contributed by atoms with E-state index in [0.29, 0.717) is 12.7 Å². The van der Waals surface area contributed by atoms with Crippen molar-refractivity contribution in [3.63, 3.8) is 0 Å². The molecule has 0 N–H and O–H groups in total. The number of aldehydes is 1. The molecule has 1 spiro atoms. The van der Waals surface area contributed by atoms with Crippen molar-refractivity contribution in [2.75, 3.05) is 6.61 Å². The number of hydrogen-bond acceptors (Lipinski definition) is 3. The zero-order valence-electron chi connectivity index (χ0n) is 11.0. The molecule has 108 valence electrons. The summed E-state index contributed by atoms with van der Waals surface area (Å²) in [6.07, 6.45) is 4.27. The van der Waals surface area contributed by atoms with Gasteiger partial charge in [0.15, 0.2) is 23.3 Å². The molecular formula is C15H11F2NO3. The SMILES string of the molecule is O=Cc1cn2c3c(c(F)c(F)cc3c1=O)OCCC21CC1. The number of fused-ring (bicyclic) bond motifs is 1. The van der Waals surface area contributed by atoms with Crippen LogP contribution in [0, 0.1) is 11.6 Å². The van der Waals surface area contributed by atoms with E-state index in [-0.39, 0.29) is 34.4 Å². The summed E-state index contributed by atoms with van der Waals surface area (Å²) in [5.74, 6) is -2.47. The zero-order chi connectivity index (χ0) is 14.8. The van der Waals surface area contributed by atoms with Crippen LogP contribution in [0.15, 0.2) is 17.1 Å². The summed E-state index contributed by atoms with van der Waals surface area (Å²) in [6.45, 7) is 0.252. The number of carbonyl (C=O) groups excluding carboxylic acids is 1. The van der Waals surface area contributed by atoms with E-state index in [0.717, 1.165) is 18.9 Å². The summed E-state index contributed by atoms with van der Waals surface area (Å²) >= 11 is 0. The van der Waals surface area contributed by atoms with Crippen molar-refractivity contribution in [1.82, 2.24) is 4.57 Å². The Balaban J connectivity index is 2.25. The van der Waals surface area contributed by atoms with E-state index in [1.165, 1.54) is 6.20 Å². The third-order valence-corrected chi connectivity index (χ3v) is 4.45. The van der Waals surface area contributed by atoms with Gasteiger partial charge in [0.05, 0.1) is 23.1 Å². The van der Waals surface area contributed by atoms with Crippen LogP contribution < -0.4 is 10.2 Å². The van der Waals surface area contributed by atoms with Gasteiger partial charge in [-0.15, -0.1) is 0 Å². The highest BCUT2D eigenvalue weighted by atomic mass is 19.2. The minimum Gasteiger partial charge on any atom is -0.488 e. The average Bonchev–Trinajstić information content (AvgIpc) is 3.27. The van der Waals surface area contributed by atoms with Gasteiger partial charge in [-0.1, -0.05) is 0 Å². The van der Waals surface area contributed by atoms with Crippen LogP contribution in [-0.2, 0) is 5.54 Å². The van der Waals surface area contributed by atoms with E-state index in [1.54, 1.807) is 4.57 Å². The maximum Gasteiger partial charge on any atom is 0.202 e. The fourth-order valence-corrected chi connectivity index (χ4v) is 3.11. The highest BCUT2D eigenvalue weighted by Crippen LogP contribution is 2.50. The topological polar surface area (TPSA) is 48.3 Å². The van der Waals surface area contributed by atoms with Crippen LogP contribution in [-0.4, -0.2) is 17.5 Å².